The van der Waals surface area contributed by atoms with E-state index >= 15 is 0 Å². The van der Waals surface area contributed by atoms with E-state index in [0.29, 0.717) is 5.82 Å². The van der Waals surface area contributed by atoms with Crippen LogP contribution in [0.15, 0.2) is 30.0 Å². The Morgan fingerprint density at radius 3 is 3.12 bits per heavy atom. The number of nitrogen functional groups attached to an aromatic ring is 1. The minimum absolute atomic E-state index is 0.205. The molecule has 16 heavy (non-hydrogen) atoms. The van der Waals surface area contributed by atoms with Crippen molar-refractivity contribution in [2.75, 3.05) is 5.73 Å². The highest BCUT2D eigenvalue weighted by atomic mass is 35.5. The first-order chi connectivity index (χ1) is 7.74. The van der Waals surface area contributed by atoms with Gasteiger partial charge in [0.15, 0.2) is 0 Å². The summed E-state index contributed by atoms with van der Waals surface area (Å²) in [5.74, 6) is 0.592. The van der Waals surface area contributed by atoms with E-state index in [1.165, 1.54) is 24.0 Å². The van der Waals surface area contributed by atoms with Crippen LogP contribution in [0.25, 0.3) is 0 Å². The van der Waals surface area contributed by atoms with E-state index < -0.39 is 0 Å². The molecule has 0 spiro atoms. The number of hydrogen-bond donors (Lipinski definition) is 1. The summed E-state index contributed by atoms with van der Waals surface area (Å²) in [6.07, 6.45) is 9.67. The van der Waals surface area contributed by atoms with Crippen LogP contribution in [0.2, 0.25) is 0 Å². The van der Waals surface area contributed by atoms with Crippen LogP contribution in [0, 0.1) is 0 Å². The molecule has 1 aliphatic rings. The molecule has 0 amide bonds. The predicted octanol–water partition coefficient (Wildman–Crippen LogP) is 3.31. The second kappa shape index (κ2) is 5.35. The van der Waals surface area contributed by atoms with E-state index in [2.05, 4.69) is 11.1 Å². The number of hydrogen-bond acceptors (Lipinski definition) is 2. The zero-order valence-electron chi connectivity index (χ0n) is 9.32. The Labute approximate surface area is 102 Å². The molecule has 2 nitrogen and oxygen atoms in total. The number of alkyl halides is 1. The maximum atomic E-state index is 6.20. The van der Waals surface area contributed by atoms with Gasteiger partial charge in [-0.2, -0.15) is 0 Å². The second-order valence-corrected chi connectivity index (χ2v) is 4.91. The van der Waals surface area contributed by atoms with Crippen LogP contribution in [-0.4, -0.2) is 10.4 Å². The first-order valence-corrected chi connectivity index (χ1v) is 6.22. The quantitative estimate of drug-likeness (QED) is 0.632. The molecule has 2 N–H and O–H groups in total. The van der Waals surface area contributed by atoms with Crippen LogP contribution in [0.1, 0.15) is 31.2 Å². The van der Waals surface area contributed by atoms with Crippen molar-refractivity contribution in [1.29, 1.82) is 0 Å². The summed E-state index contributed by atoms with van der Waals surface area (Å²) in [6, 6.07) is 3.96. The predicted molar refractivity (Wildman–Crippen MR) is 68.5 cm³/mol. The van der Waals surface area contributed by atoms with Crippen LogP contribution in [-0.2, 0) is 6.42 Å². The molecule has 1 heterocycles. The van der Waals surface area contributed by atoms with Gasteiger partial charge >= 0.3 is 0 Å². The average Bonchev–Trinajstić information content (AvgIpc) is 2.43. The number of rotatable bonds is 2. The Morgan fingerprint density at radius 1 is 1.44 bits per heavy atom. The highest BCUT2D eigenvalue weighted by Crippen LogP contribution is 2.23. The van der Waals surface area contributed by atoms with Crippen molar-refractivity contribution in [1.82, 2.24) is 4.98 Å². The first kappa shape index (κ1) is 11.5. The highest BCUT2D eigenvalue weighted by molar-refractivity contribution is 6.21. The molecule has 1 aliphatic carbocycles. The van der Waals surface area contributed by atoms with Crippen LogP contribution >= 0.6 is 11.6 Å². The maximum Gasteiger partial charge on any atom is 0.123 e. The van der Waals surface area contributed by atoms with Crippen molar-refractivity contribution in [3.05, 3.63) is 35.5 Å². The molecule has 2 rings (SSSR count). The summed E-state index contributed by atoms with van der Waals surface area (Å²) >= 11 is 6.20. The lowest BCUT2D eigenvalue weighted by Gasteiger charge is -2.06. The molecule has 1 atom stereocenters. The molecule has 3 heteroatoms. The Kier molecular flexibility index (Phi) is 3.83. The lowest BCUT2D eigenvalue weighted by atomic mass is 10.0. The smallest absolute Gasteiger partial charge is 0.123 e. The molecule has 0 aromatic carbocycles. The number of allylic oxidation sites excluding steroid dienone is 2. The number of nitrogens with zero attached hydrogens (tertiary/aromatic N) is 1. The van der Waals surface area contributed by atoms with Gasteiger partial charge in [-0.1, -0.05) is 18.1 Å². The third-order valence-electron chi connectivity index (χ3n) is 2.92. The van der Waals surface area contributed by atoms with Crippen molar-refractivity contribution in [3.8, 4) is 0 Å². The van der Waals surface area contributed by atoms with E-state index in [0.717, 1.165) is 19.3 Å². The molecule has 1 unspecified atom stereocenters. The Morgan fingerprint density at radius 2 is 2.31 bits per heavy atom. The Hall–Kier alpha value is -1.02. The fourth-order valence-electron chi connectivity index (χ4n) is 2.13. The van der Waals surface area contributed by atoms with Gasteiger partial charge in [0.1, 0.15) is 5.82 Å². The van der Waals surface area contributed by atoms with Crippen molar-refractivity contribution in [2.24, 2.45) is 0 Å². The summed E-state index contributed by atoms with van der Waals surface area (Å²) < 4.78 is 0. The molecule has 86 valence electrons. The lowest BCUT2D eigenvalue weighted by Crippen LogP contribution is -1.96. The van der Waals surface area contributed by atoms with Crippen molar-refractivity contribution in [2.45, 2.75) is 37.5 Å². The summed E-state index contributed by atoms with van der Waals surface area (Å²) in [6.45, 7) is 0. The first-order valence-electron chi connectivity index (χ1n) is 5.78. The zero-order valence-corrected chi connectivity index (χ0v) is 10.1. The standard InChI is InChI=1S/C13H17ClN2/c14-12-4-2-1-3-10(8-12)7-11-5-6-16-13(15)9-11/h5-6,8-9,12H,1-4,7H2,(H2,15,16). The van der Waals surface area contributed by atoms with Gasteiger partial charge in [0, 0.05) is 6.20 Å². The molecule has 0 saturated carbocycles. The molecule has 0 bridgehead atoms. The second-order valence-electron chi connectivity index (χ2n) is 4.35. The van der Waals surface area contributed by atoms with Gasteiger partial charge in [0.05, 0.1) is 5.38 Å². The number of anilines is 1. The molecular formula is C13H17ClN2. The van der Waals surface area contributed by atoms with E-state index in [-0.39, 0.29) is 5.38 Å². The van der Waals surface area contributed by atoms with Crippen molar-refractivity contribution >= 4 is 17.4 Å². The van der Waals surface area contributed by atoms with Crippen molar-refractivity contribution < 1.29 is 0 Å². The number of halogens is 1. The molecular weight excluding hydrogens is 220 g/mol. The summed E-state index contributed by atoms with van der Waals surface area (Å²) in [5, 5.41) is 0.205. The minimum Gasteiger partial charge on any atom is -0.384 e. The topological polar surface area (TPSA) is 38.9 Å². The van der Waals surface area contributed by atoms with Gasteiger partial charge < -0.3 is 5.73 Å². The molecule has 1 aromatic heterocycles. The largest absolute Gasteiger partial charge is 0.384 e. The Balaban J connectivity index is 2.08. The third kappa shape index (κ3) is 3.24. The average molecular weight is 237 g/mol. The zero-order chi connectivity index (χ0) is 11.4. The lowest BCUT2D eigenvalue weighted by molar-refractivity contribution is 0.710. The van der Waals surface area contributed by atoms with E-state index in [1.807, 2.05) is 12.1 Å². The van der Waals surface area contributed by atoms with Crippen LogP contribution in [0.3, 0.4) is 0 Å². The van der Waals surface area contributed by atoms with Gasteiger partial charge in [0.25, 0.3) is 0 Å². The molecule has 0 aliphatic heterocycles. The Bertz CT molecular complexity index is 387. The van der Waals surface area contributed by atoms with Crippen LogP contribution in [0.5, 0.6) is 0 Å². The summed E-state index contributed by atoms with van der Waals surface area (Å²) in [5.41, 5.74) is 8.33. The normalized spacial score (nSPS) is 21.3. The van der Waals surface area contributed by atoms with E-state index in [4.69, 9.17) is 17.3 Å². The van der Waals surface area contributed by atoms with Gasteiger partial charge in [-0.3, -0.25) is 0 Å². The fourth-order valence-corrected chi connectivity index (χ4v) is 2.46. The van der Waals surface area contributed by atoms with Crippen molar-refractivity contribution in [3.63, 3.8) is 0 Å². The van der Waals surface area contributed by atoms with Gasteiger partial charge in [0.2, 0.25) is 0 Å². The molecule has 0 fully saturated rings. The SMILES string of the molecule is Nc1cc(CC2=CC(Cl)CCCC2)ccn1. The molecule has 0 saturated heterocycles. The maximum absolute atomic E-state index is 6.20. The van der Waals surface area contributed by atoms with Gasteiger partial charge in [-0.15, -0.1) is 11.6 Å². The number of nitrogens with two attached hydrogens (primary N) is 1. The number of pyridine rings is 1. The summed E-state index contributed by atoms with van der Waals surface area (Å²) in [4.78, 5) is 4.00. The van der Waals surface area contributed by atoms with Crippen LogP contribution < -0.4 is 5.73 Å². The van der Waals surface area contributed by atoms with Gasteiger partial charge in [-0.05, 0) is 43.4 Å². The minimum atomic E-state index is 0.205. The van der Waals surface area contributed by atoms with Gasteiger partial charge in [-0.25, -0.2) is 4.98 Å². The van der Waals surface area contributed by atoms with E-state index in [1.54, 1.807) is 6.20 Å². The summed E-state index contributed by atoms with van der Waals surface area (Å²) in [7, 11) is 0. The highest BCUT2D eigenvalue weighted by Gasteiger charge is 2.10. The molecule has 1 aromatic rings. The third-order valence-corrected chi connectivity index (χ3v) is 3.27. The van der Waals surface area contributed by atoms with E-state index in [9.17, 15) is 0 Å². The number of aromatic nitrogens is 1. The van der Waals surface area contributed by atoms with Crippen LogP contribution in [0.4, 0.5) is 5.82 Å². The molecule has 0 radical (unpaired) electrons. The fraction of sp³-hybridized carbons (Fsp3) is 0.462. The monoisotopic (exact) mass is 236 g/mol.